The van der Waals surface area contributed by atoms with Gasteiger partial charge in [-0.2, -0.15) is 0 Å². The van der Waals surface area contributed by atoms with Crippen molar-refractivity contribution in [2.75, 3.05) is 5.32 Å². The van der Waals surface area contributed by atoms with Crippen LogP contribution in [-0.2, 0) is 6.54 Å². The fraction of sp³-hybridized carbons (Fsp3) is 0.0625. The van der Waals surface area contributed by atoms with Gasteiger partial charge in [-0.15, -0.1) is 0 Å². The van der Waals surface area contributed by atoms with Gasteiger partial charge in [-0.25, -0.2) is 9.97 Å². The molecule has 8 heteroatoms. The van der Waals surface area contributed by atoms with Crippen molar-refractivity contribution in [1.82, 2.24) is 15.0 Å². The topological polar surface area (TPSA) is 93.8 Å². The average molecular weight is 342 g/mol. The molecule has 0 aliphatic rings. The van der Waals surface area contributed by atoms with Gasteiger partial charge in [-0.1, -0.05) is 29.8 Å². The summed E-state index contributed by atoms with van der Waals surface area (Å²) in [5.74, 6) is 0.975. The van der Waals surface area contributed by atoms with E-state index in [-0.39, 0.29) is 5.69 Å². The van der Waals surface area contributed by atoms with Gasteiger partial charge in [0.15, 0.2) is 5.82 Å². The lowest BCUT2D eigenvalue weighted by Crippen LogP contribution is -2.03. The molecule has 0 atom stereocenters. The molecule has 0 spiro atoms. The van der Waals surface area contributed by atoms with E-state index >= 15 is 0 Å². The number of non-ortho nitro benzene ring substituents is 1. The zero-order valence-corrected chi connectivity index (χ0v) is 13.1. The molecular weight excluding hydrogens is 330 g/mol. The minimum atomic E-state index is -0.430. The summed E-state index contributed by atoms with van der Waals surface area (Å²) >= 11 is 6.04. The van der Waals surface area contributed by atoms with Gasteiger partial charge in [0.25, 0.3) is 5.69 Å². The van der Waals surface area contributed by atoms with E-state index < -0.39 is 4.92 Å². The Labute approximate surface area is 142 Å². The number of nitro groups is 1. The zero-order valence-electron chi connectivity index (χ0n) is 12.4. The van der Waals surface area contributed by atoms with Crippen molar-refractivity contribution in [1.29, 1.82) is 0 Å². The number of hydrogen-bond acceptors (Lipinski definition) is 6. The zero-order chi connectivity index (χ0) is 16.9. The first-order chi connectivity index (χ1) is 11.6. The lowest BCUT2D eigenvalue weighted by atomic mass is 10.2. The average Bonchev–Trinajstić information content (AvgIpc) is 2.60. The molecule has 0 radical (unpaired) electrons. The Kier molecular flexibility index (Phi) is 4.62. The van der Waals surface area contributed by atoms with Gasteiger partial charge in [0.05, 0.1) is 4.92 Å². The lowest BCUT2D eigenvalue weighted by Gasteiger charge is -2.08. The first-order valence-electron chi connectivity index (χ1n) is 7.05. The number of nitro benzene ring substituents is 1. The van der Waals surface area contributed by atoms with E-state index in [4.69, 9.17) is 11.6 Å². The summed E-state index contributed by atoms with van der Waals surface area (Å²) in [7, 11) is 0. The Morgan fingerprint density at radius 1 is 1.12 bits per heavy atom. The number of anilines is 1. The molecule has 1 aromatic carbocycles. The molecule has 7 nitrogen and oxygen atoms in total. The number of nitrogens with one attached hydrogen (secondary N) is 1. The number of benzene rings is 1. The maximum atomic E-state index is 10.7. The Morgan fingerprint density at radius 2 is 1.92 bits per heavy atom. The van der Waals surface area contributed by atoms with Crippen LogP contribution in [0.5, 0.6) is 0 Å². The number of halogens is 1. The highest BCUT2D eigenvalue weighted by Crippen LogP contribution is 2.19. The smallest absolute Gasteiger partial charge is 0.269 e. The van der Waals surface area contributed by atoms with Crippen molar-refractivity contribution in [3.63, 3.8) is 0 Å². The van der Waals surface area contributed by atoms with Crippen molar-refractivity contribution in [3.8, 4) is 11.5 Å². The molecule has 3 rings (SSSR count). The van der Waals surface area contributed by atoms with Crippen LogP contribution in [0.25, 0.3) is 11.5 Å². The van der Waals surface area contributed by atoms with Crippen LogP contribution in [0.3, 0.4) is 0 Å². The van der Waals surface area contributed by atoms with Crippen molar-refractivity contribution in [2.45, 2.75) is 6.54 Å². The molecule has 3 aromatic rings. The lowest BCUT2D eigenvalue weighted by molar-refractivity contribution is -0.384. The summed E-state index contributed by atoms with van der Waals surface area (Å²) in [6, 6.07) is 13.4. The number of hydrogen-bond donors (Lipinski definition) is 1. The molecule has 0 saturated heterocycles. The SMILES string of the molecule is O=[N+]([O-])c1ccc(CNc2cc(Cl)nc(-c3ccccn3)n2)cc1. The third kappa shape index (κ3) is 3.82. The summed E-state index contributed by atoms with van der Waals surface area (Å²) in [6.45, 7) is 0.451. The fourth-order valence-electron chi connectivity index (χ4n) is 2.05. The summed E-state index contributed by atoms with van der Waals surface area (Å²) < 4.78 is 0. The van der Waals surface area contributed by atoms with Gasteiger partial charge in [0.2, 0.25) is 0 Å². The Balaban J connectivity index is 1.75. The largest absolute Gasteiger partial charge is 0.366 e. The van der Waals surface area contributed by atoms with Crippen LogP contribution in [0.2, 0.25) is 5.15 Å². The van der Waals surface area contributed by atoms with Crippen LogP contribution in [0.1, 0.15) is 5.56 Å². The molecule has 24 heavy (non-hydrogen) atoms. The summed E-state index contributed by atoms with van der Waals surface area (Å²) in [5.41, 5.74) is 1.56. The highest BCUT2D eigenvalue weighted by Gasteiger charge is 2.08. The highest BCUT2D eigenvalue weighted by atomic mass is 35.5. The maximum Gasteiger partial charge on any atom is 0.269 e. The molecular formula is C16H12ClN5O2. The molecule has 0 amide bonds. The quantitative estimate of drug-likeness (QED) is 0.432. The van der Waals surface area contributed by atoms with E-state index in [0.717, 1.165) is 5.56 Å². The molecule has 2 heterocycles. The van der Waals surface area contributed by atoms with E-state index in [1.54, 1.807) is 30.5 Å². The van der Waals surface area contributed by atoms with Crippen molar-refractivity contribution >= 4 is 23.1 Å². The molecule has 0 unspecified atom stereocenters. The molecule has 120 valence electrons. The van der Waals surface area contributed by atoms with Gasteiger partial charge >= 0.3 is 0 Å². The van der Waals surface area contributed by atoms with E-state index in [9.17, 15) is 10.1 Å². The van der Waals surface area contributed by atoms with E-state index in [0.29, 0.717) is 29.0 Å². The monoisotopic (exact) mass is 341 g/mol. The van der Waals surface area contributed by atoms with Crippen LogP contribution >= 0.6 is 11.6 Å². The van der Waals surface area contributed by atoms with E-state index in [2.05, 4.69) is 20.3 Å². The normalized spacial score (nSPS) is 10.4. The second-order valence-corrected chi connectivity index (χ2v) is 5.28. The first-order valence-corrected chi connectivity index (χ1v) is 7.43. The van der Waals surface area contributed by atoms with Crippen LogP contribution in [0.4, 0.5) is 11.5 Å². The van der Waals surface area contributed by atoms with Crippen LogP contribution < -0.4 is 5.32 Å². The van der Waals surface area contributed by atoms with Gasteiger partial charge in [0, 0.05) is 30.9 Å². The number of aromatic nitrogens is 3. The number of nitrogens with zero attached hydrogens (tertiary/aromatic N) is 4. The molecule has 2 aromatic heterocycles. The van der Waals surface area contributed by atoms with Gasteiger partial charge in [-0.3, -0.25) is 15.1 Å². The summed E-state index contributed by atoms with van der Waals surface area (Å²) in [5, 5.41) is 14.1. The second kappa shape index (κ2) is 7.01. The first kappa shape index (κ1) is 15.8. The van der Waals surface area contributed by atoms with Crippen molar-refractivity contribution in [3.05, 3.63) is 75.6 Å². The highest BCUT2D eigenvalue weighted by molar-refractivity contribution is 6.29. The summed E-state index contributed by atoms with van der Waals surface area (Å²) in [4.78, 5) is 23.0. The third-order valence-corrected chi connectivity index (χ3v) is 3.40. The standard InChI is InChI=1S/C16H12ClN5O2/c17-14-9-15(21-16(20-14)13-3-1-2-8-18-13)19-10-11-4-6-12(7-5-11)22(23)24/h1-9H,10H2,(H,19,20,21). The van der Waals surface area contributed by atoms with Gasteiger partial charge in [0.1, 0.15) is 16.7 Å². The van der Waals surface area contributed by atoms with E-state index in [1.807, 2.05) is 12.1 Å². The molecule has 0 aliphatic heterocycles. The van der Waals surface area contributed by atoms with Crippen molar-refractivity contribution in [2.24, 2.45) is 0 Å². The minimum Gasteiger partial charge on any atom is -0.366 e. The Morgan fingerprint density at radius 3 is 2.58 bits per heavy atom. The van der Waals surface area contributed by atoms with Crippen LogP contribution in [-0.4, -0.2) is 19.9 Å². The van der Waals surface area contributed by atoms with E-state index in [1.165, 1.54) is 12.1 Å². The summed E-state index contributed by atoms with van der Waals surface area (Å²) in [6.07, 6.45) is 1.66. The predicted octanol–water partition coefficient (Wildman–Crippen LogP) is 3.71. The molecule has 0 fully saturated rings. The van der Waals surface area contributed by atoms with Gasteiger partial charge < -0.3 is 5.32 Å². The molecule has 1 N–H and O–H groups in total. The van der Waals surface area contributed by atoms with Crippen molar-refractivity contribution < 1.29 is 4.92 Å². The molecule has 0 aliphatic carbocycles. The van der Waals surface area contributed by atoms with Crippen LogP contribution in [0, 0.1) is 10.1 Å². The number of pyridine rings is 1. The second-order valence-electron chi connectivity index (χ2n) is 4.89. The van der Waals surface area contributed by atoms with Gasteiger partial charge in [-0.05, 0) is 17.7 Å². The minimum absolute atomic E-state index is 0.0567. The predicted molar refractivity (Wildman–Crippen MR) is 90.7 cm³/mol. The molecule has 0 saturated carbocycles. The Hall–Kier alpha value is -3.06. The number of rotatable bonds is 5. The third-order valence-electron chi connectivity index (χ3n) is 3.21. The Bertz CT molecular complexity index is 856. The maximum absolute atomic E-state index is 10.7. The fourth-order valence-corrected chi connectivity index (χ4v) is 2.23. The van der Waals surface area contributed by atoms with Crippen LogP contribution in [0.15, 0.2) is 54.7 Å². The molecule has 0 bridgehead atoms.